The Balaban J connectivity index is 1.65. The van der Waals surface area contributed by atoms with Crippen LogP contribution in [0.1, 0.15) is 22.5 Å². The molecule has 29 heavy (non-hydrogen) atoms. The molecule has 0 bridgehead atoms. The van der Waals surface area contributed by atoms with Crippen molar-refractivity contribution in [2.24, 2.45) is 0 Å². The van der Waals surface area contributed by atoms with Gasteiger partial charge in [0.1, 0.15) is 0 Å². The van der Waals surface area contributed by atoms with Crippen molar-refractivity contribution in [3.63, 3.8) is 0 Å². The third kappa shape index (κ3) is 4.78. The van der Waals surface area contributed by atoms with Crippen LogP contribution < -0.4 is 14.8 Å². The summed E-state index contributed by atoms with van der Waals surface area (Å²) in [7, 11) is 3.14. The number of amides is 1. The third-order valence-electron chi connectivity index (χ3n) is 4.52. The Morgan fingerprint density at radius 2 is 1.86 bits per heavy atom. The second kappa shape index (κ2) is 9.01. The number of aromatic nitrogens is 4. The highest BCUT2D eigenvalue weighted by Crippen LogP contribution is 2.27. The molecule has 0 atom stereocenters. The van der Waals surface area contributed by atoms with Crippen LogP contribution in [0, 0.1) is 13.8 Å². The molecule has 1 heterocycles. The van der Waals surface area contributed by atoms with Gasteiger partial charge in [-0.3, -0.25) is 4.79 Å². The molecule has 8 heteroatoms. The Bertz CT molecular complexity index is 1040. The number of nitrogens with one attached hydrogen (secondary N) is 1. The largest absolute Gasteiger partial charge is 0.493 e. The van der Waals surface area contributed by atoms with E-state index in [0.29, 0.717) is 17.3 Å². The average molecular weight is 393 g/mol. The van der Waals surface area contributed by atoms with Gasteiger partial charge in [0.15, 0.2) is 17.3 Å². The normalized spacial score (nSPS) is 10.9. The summed E-state index contributed by atoms with van der Waals surface area (Å²) in [5.41, 5.74) is 4.00. The lowest BCUT2D eigenvalue weighted by atomic mass is 10.1. The van der Waals surface area contributed by atoms with Crippen molar-refractivity contribution < 1.29 is 14.3 Å². The van der Waals surface area contributed by atoms with Gasteiger partial charge in [0.05, 0.1) is 26.5 Å². The van der Waals surface area contributed by atoms with E-state index >= 15 is 0 Å². The summed E-state index contributed by atoms with van der Waals surface area (Å²) in [6, 6.07) is 11.4. The van der Waals surface area contributed by atoms with Crippen LogP contribution in [0.2, 0.25) is 0 Å². The Morgan fingerprint density at radius 3 is 2.59 bits per heavy atom. The Labute approximate surface area is 169 Å². The molecular formula is C21H23N5O3. The molecule has 3 rings (SSSR count). The van der Waals surface area contributed by atoms with Gasteiger partial charge >= 0.3 is 0 Å². The van der Waals surface area contributed by atoms with Crippen LogP contribution in [0.15, 0.2) is 42.5 Å². The minimum atomic E-state index is -0.255. The first-order chi connectivity index (χ1) is 14.0. The lowest BCUT2D eigenvalue weighted by molar-refractivity contribution is -0.116. The van der Waals surface area contributed by atoms with Crippen molar-refractivity contribution in [2.45, 2.75) is 20.4 Å². The van der Waals surface area contributed by atoms with E-state index in [1.165, 1.54) is 11.6 Å². The average Bonchev–Trinajstić information content (AvgIpc) is 3.21. The molecule has 1 amide bonds. The van der Waals surface area contributed by atoms with Gasteiger partial charge in [-0.1, -0.05) is 12.1 Å². The number of ether oxygens (including phenoxy) is 2. The predicted octanol–water partition coefficient (Wildman–Crippen LogP) is 2.63. The number of aryl methyl sites for hydroxylation is 2. The summed E-state index contributed by atoms with van der Waals surface area (Å²) >= 11 is 0. The monoisotopic (exact) mass is 393 g/mol. The quantitative estimate of drug-likeness (QED) is 0.621. The van der Waals surface area contributed by atoms with E-state index in [2.05, 4.69) is 20.8 Å². The number of hydrogen-bond acceptors (Lipinski definition) is 6. The van der Waals surface area contributed by atoms with Gasteiger partial charge in [-0.15, -0.1) is 5.10 Å². The van der Waals surface area contributed by atoms with Gasteiger partial charge in [-0.2, -0.15) is 4.68 Å². The first-order valence-corrected chi connectivity index (χ1v) is 9.04. The first kappa shape index (κ1) is 20.1. The topological polar surface area (TPSA) is 91.2 Å². The highest BCUT2D eigenvalue weighted by atomic mass is 16.5. The van der Waals surface area contributed by atoms with Gasteiger partial charge in [0.2, 0.25) is 5.91 Å². The highest BCUT2D eigenvalue weighted by Gasteiger charge is 2.10. The number of carbonyl (C=O) groups excluding carboxylic acids is 1. The Hall–Kier alpha value is -3.68. The fourth-order valence-corrected chi connectivity index (χ4v) is 2.73. The molecule has 150 valence electrons. The number of hydrogen-bond donors (Lipinski definition) is 1. The summed E-state index contributed by atoms with van der Waals surface area (Å²) < 4.78 is 12.1. The summed E-state index contributed by atoms with van der Waals surface area (Å²) in [4.78, 5) is 12.2. The maximum absolute atomic E-state index is 12.2. The molecule has 0 spiro atoms. The minimum absolute atomic E-state index is 0.203. The molecule has 3 aromatic rings. The minimum Gasteiger partial charge on any atom is -0.493 e. The SMILES string of the molecule is COc1ccc(/C=C\C(=O)NCc2nnnn2-c2ccc(C)c(C)c2)cc1OC. The lowest BCUT2D eigenvalue weighted by Crippen LogP contribution is -2.22. The van der Waals surface area contributed by atoms with Crippen molar-refractivity contribution in [1.82, 2.24) is 25.5 Å². The van der Waals surface area contributed by atoms with E-state index in [1.54, 1.807) is 37.1 Å². The van der Waals surface area contributed by atoms with E-state index in [4.69, 9.17) is 9.47 Å². The van der Waals surface area contributed by atoms with Crippen LogP contribution >= 0.6 is 0 Å². The van der Waals surface area contributed by atoms with Crippen LogP contribution in [0.25, 0.3) is 11.8 Å². The molecule has 2 aromatic carbocycles. The molecule has 0 aliphatic carbocycles. The number of rotatable bonds is 7. The summed E-state index contributed by atoms with van der Waals surface area (Å²) in [5.74, 6) is 1.52. The maximum Gasteiger partial charge on any atom is 0.244 e. The maximum atomic E-state index is 12.2. The number of benzene rings is 2. The van der Waals surface area contributed by atoms with Crippen LogP contribution in [-0.2, 0) is 11.3 Å². The van der Waals surface area contributed by atoms with Crippen LogP contribution in [-0.4, -0.2) is 40.3 Å². The number of carbonyl (C=O) groups is 1. The van der Waals surface area contributed by atoms with Gasteiger partial charge in [-0.05, 0) is 71.3 Å². The first-order valence-electron chi connectivity index (χ1n) is 9.04. The zero-order valence-corrected chi connectivity index (χ0v) is 16.8. The summed E-state index contributed by atoms with van der Waals surface area (Å²) in [5, 5.41) is 14.6. The molecule has 0 fully saturated rings. The Morgan fingerprint density at radius 1 is 1.07 bits per heavy atom. The second-order valence-corrected chi connectivity index (χ2v) is 6.44. The standard InChI is InChI=1S/C21H23N5O3/c1-14-5-8-17(11-15(14)2)26-20(23-24-25-26)13-22-21(27)10-7-16-6-9-18(28-3)19(12-16)29-4/h5-12H,13H2,1-4H3,(H,22,27)/b10-7-. The van der Waals surface area contributed by atoms with E-state index < -0.39 is 0 Å². The fourth-order valence-electron chi connectivity index (χ4n) is 2.73. The van der Waals surface area contributed by atoms with Gasteiger partial charge in [0, 0.05) is 6.08 Å². The van der Waals surface area contributed by atoms with Gasteiger partial charge in [-0.25, -0.2) is 0 Å². The predicted molar refractivity (Wildman–Crippen MR) is 109 cm³/mol. The number of methoxy groups -OCH3 is 2. The zero-order valence-electron chi connectivity index (χ0n) is 16.8. The number of tetrazole rings is 1. The van der Waals surface area contributed by atoms with E-state index in [9.17, 15) is 4.79 Å². The van der Waals surface area contributed by atoms with Crippen LogP contribution in [0.3, 0.4) is 0 Å². The molecule has 0 radical (unpaired) electrons. The van der Waals surface area contributed by atoms with Crippen LogP contribution in [0.5, 0.6) is 11.5 Å². The molecule has 0 aliphatic rings. The molecular weight excluding hydrogens is 370 g/mol. The van der Waals surface area contributed by atoms with Crippen molar-refractivity contribution in [1.29, 1.82) is 0 Å². The molecule has 0 unspecified atom stereocenters. The summed E-state index contributed by atoms with van der Waals surface area (Å²) in [6.45, 7) is 4.28. The lowest BCUT2D eigenvalue weighted by Gasteiger charge is -2.08. The molecule has 8 nitrogen and oxygen atoms in total. The molecule has 1 aromatic heterocycles. The third-order valence-corrected chi connectivity index (χ3v) is 4.52. The molecule has 0 aliphatic heterocycles. The van der Waals surface area contributed by atoms with Crippen molar-refractivity contribution in [2.75, 3.05) is 14.2 Å². The van der Waals surface area contributed by atoms with E-state index in [-0.39, 0.29) is 12.5 Å². The van der Waals surface area contributed by atoms with Crippen molar-refractivity contribution in [3.8, 4) is 17.2 Å². The fraction of sp³-hybridized carbons (Fsp3) is 0.238. The molecule has 0 saturated heterocycles. The highest BCUT2D eigenvalue weighted by molar-refractivity contribution is 5.91. The van der Waals surface area contributed by atoms with Gasteiger partial charge in [0.25, 0.3) is 0 Å². The smallest absolute Gasteiger partial charge is 0.244 e. The molecule has 1 N–H and O–H groups in total. The van der Waals surface area contributed by atoms with Crippen molar-refractivity contribution >= 4 is 12.0 Å². The number of nitrogens with zero attached hydrogens (tertiary/aromatic N) is 4. The van der Waals surface area contributed by atoms with Gasteiger partial charge < -0.3 is 14.8 Å². The van der Waals surface area contributed by atoms with E-state index in [1.807, 2.05) is 38.1 Å². The Kier molecular flexibility index (Phi) is 6.23. The summed E-state index contributed by atoms with van der Waals surface area (Å²) in [6.07, 6.45) is 3.15. The van der Waals surface area contributed by atoms with E-state index in [0.717, 1.165) is 16.8 Å². The van der Waals surface area contributed by atoms with Crippen LogP contribution in [0.4, 0.5) is 0 Å². The zero-order chi connectivity index (χ0) is 20.8. The van der Waals surface area contributed by atoms with Crippen molar-refractivity contribution in [3.05, 3.63) is 65.0 Å². The second-order valence-electron chi connectivity index (χ2n) is 6.44. The molecule has 0 saturated carbocycles.